The number of halogens is 1. The van der Waals surface area contributed by atoms with Gasteiger partial charge < -0.3 is 4.74 Å². The molecule has 1 aromatic carbocycles. The first-order valence-electron chi connectivity index (χ1n) is 7.85. The Balaban J connectivity index is 1.90. The van der Waals surface area contributed by atoms with Crippen LogP contribution in [0, 0.1) is 6.92 Å². The van der Waals surface area contributed by atoms with Gasteiger partial charge in [0.1, 0.15) is 18.1 Å². The molecule has 1 aliphatic heterocycles. The molecule has 122 valence electrons. The summed E-state index contributed by atoms with van der Waals surface area (Å²) < 4.78 is 7.49. The maximum atomic E-state index is 6.11. The maximum Gasteiger partial charge on any atom is 0.159 e. The largest absolute Gasteiger partial charge is 0.497 e. The number of methoxy groups -OCH3 is 1. The molecule has 2 heterocycles. The third kappa shape index (κ3) is 2.45. The number of ether oxygens (including phenoxy) is 1. The molecule has 0 N–H and O–H groups in total. The van der Waals surface area contributed by atoms with E-state index >= 15 is 0 Å². The fraction of sp³-hybridized carbons (Fsp3) is 0.278. The summed E-state index contributed by atoms with van der Waals surface area (Å²) in [6.07, 6.45) is 5.74. The SMILES string of the molecule is COc1ccc2c(c1)C(C1=CCC(Cl)=CC1)=NCc1nnc(C)n1-2. The number of fused-ring (bicyclic) bond motifs is 3. The standard InChI is InChI=1S/C18H17ClN4O/c1-11-21-22-17-10-20-18(12-3-5-13(19)6-4-12)15-9-14(24-2)7-8-16(15)23(11)17/h3,6-9H,4-5,10H2,1-2H3. The summed E-state index contributed by atoms with van der Waals surface area (Å²) in [6, 6.07) is 6.03. The monoisotopic (exact) mass is 340 g/mol. The van der Waals surface area contributed by atoms with Crippen molar-refractivity contribution >= 4 is 17.3 Å². The highest BCUT2D eigenvalue weighted by Gasteiger charge is 2.23. The van der Waals surface area contributed by atoms with E-state index in [-0.39, 0.29) is 0 Å². The van der Waals surface area contributed by atoms with Crippen LogP contribution in [0.15, 0.2) is 45.9 Å². The van der Waals surface area contributed by atoms with Gasteiger partial charge in [-0.1, -0.05) is 23.8 Å². The number of hydrogen-bond donors (Lipinski definition) is 0. The van der Waals surface area contributed by atoms with E-state index in [1.807, 2.05) is 25.1 Å². The van der Waals surface area contributed by atoms with Crippen molar-refractivity contribution in [3.8, 4) is 11.4 Å². The van der Waals surface area contributed by atoms with E-state index in [0.717, 1.165) is 52.2 Å². The van der Waals surface area contributed by atoms with Crippen molar-refractivity contribution in [2.45, 2.75) is 26.3 Å². The van der Waals surface area contributed by atoms with E-state index in [2.05, 4.69) is 26.9 Å². The highest BCUT2D eigenvalue weighted by Crippen LogP contribution is 2.31. The maximum absolute atomic E-state index is 6.11. The van der Waals surface area contributed by atoms with E-state index in [9.17, 15) is 0 Å². The highest BCUT2D eigenvalue weighted by molar-refractivity contribution is 6.30. The predicted octanol–water partition coefficient (Wildman–Crippen LogP) is 3.73. The average molecular weight is 341 g/mol. The molecule has 0 spiro atoms. The van der Waals surface area contributed by atoms with Crippen LogP contribution < -0.4 is 4.74 Å². The molecule has 2 aliphatic rings. The van der Waals surface area contributed by atoms with Gasteiger partial charge in [-0.25, -0.2) is 0 Å². The van der Waals surface area contributed by atoms with Crippen LogP contribution in [0.1, 0.15) is 30.1 Å². The molecule has 0 bridgehead atoms. The molecule has 1 aliphatic carbocycles. The van der Waals surface area contributed by atoms with Crippen LogP contribution in [0.25, 0.3) is 5.69 Å². The Labute approximate surface area is 145 Å². The van der Waals surface area contributed by atoms with Crippen LogP contribution in [0.4, 0.5) is 0 Å². The van der Waals surface area contributed by atoms with Crippen molar-refractivity contribution < 1.29 is 4.74 Å². The second-order valence-electron chi connectivity index (χ2n) is 5.84. The topological polar surface area (TPSA) is 52.3 Å². The smallest absolute Gasteiger partial charge is 0.159 e. The van der Waals surface area contributed by atoms with Crippen molar-refractivity contribution in [3.63, 3.8) is 0 Å². The molecule has 1 aromatic heterocycles. The second kappa shape index (κ2) is 5.91. The number of nitrogens with zero attached hydrogens (tertiary/aromatic N) is 4. The lowest BCUT2D eigenvalue weighted by Crippen LogP contribution is -2.10. The van der Waals surface area contributed by atoms with Crippen LogP contribution in [0.3, 0.4) is 0 Å². The summed E-state index contributed by atoms with van der Waals surface area (Å²) in [4.78, 5) is 4.84. The number of benzene rings is 1. The average Bonchev–Trinajstić information content (AvgIpc) is 2.88. The third-order valence-corrected chi connectivity index (χ3v) is 4.67. The zero-order valence-corrected chi connectivity index (χ0v) is 14.3. The molecule has 0 unspecified atom stereocenters. The summed E-state index contributed by atoms with van der Waals surface area (Å²) in [5.41, 5.74) is 4.24. The van der Waals surface area contributed by atoms with E-state index < -0.39 is 0 Å². The Hall–Kier alpha value is -2.40. The molecule has 24 heavy (non-hydrogen) atoms. The summed E-state index contributed by atoms with van der Waals surface area (Å²) in [5.74, 6) is 2.51. The Morgan fingerprint density at radius 1 is 1.17 bits per heavy atom. The lowest BCUT2D eigenvalue weighted by atomic mass is 9.94. The van der Waals surface area contributed by atoms with Gasteiger partial charge in [-0.05, 0) is 37.1 Å². The minimum atomic E-state index is 0.502. The highest BCUT2D eigenvalue weighted by atomic mass is 35.5. The number of aromatic nitrogens is 3. The molecule has 0 amide bonds. The first kappa shape index (κ1) is 15.1. The van der Waals surface area contributed by atoms with Gasteiger partial charge in [-0.3, -0.25) is 9.56 Å². The fourth-order valence-electron chi connectivity index (χ4n) is 3.16. The van der Waals surface area contributed by atoms with E-state index in [1.54, 1.807) is 7.11 Å². The lowest BCUT2D eigenvalue weighted by molar-refractivity contribution is 0.414. The summed E-state index contributed by atoms with van der Waals surface area (Å²) in [5, 5.41) is 9.35. The molecule has 0 atom stereocenters. The number of allylic oxidation sites excluding steroid dienone is 4. The van der Waals surface area contributed by atoms with Crippen molar-refractivity contribution in [3.05, 3.63) is 58.2 Å². The normalized spacial score (nSPS) is 16.4. The summed E-state index contributed by atoms with van der Waals surface area (Å²) >= 11 is 6.11. The van der Waals surface area contributed by atoms with Crippen molar-refractivity contribution in [1.82, 2.24) is 14.8 Å². The molecule has 2 aromatic rings. The number of aliphatic imine (C=N–C) groups is 1. The number of hydrogen-bond acceptors (Lipinski definition) is 4. The first-order chi connectivity index (χ1) is 11.7. The Bertz CT molecular complexity index is 908. The van der Waals surface area contributed by atoms with E-state index in [0.29, 0.717) is 6.54 Å². The summed E-state index contributed by atoms with van der Waals surface area (Å²) in [6.45, 7) is 2.46. The second-order valence-corrected chi connectivity index (χ2v) is 6.32. The Morgan fingerprint density at radius 2 is 2.04 bits per heavy atom. The minimum Gasteiger partial charge on any atom is -0.497 e. The minimum absolute atomic E-state index is 0.502. The molecule has 0 saturated carbocycles. The molecular formula is C18H17ClN4O. The number of aryl methyl sites for hydroxylation is 1. The third-order valence-electron chi connectivity index (χ3n) is 4.36. The van der Waals surface area contributed by atoms with E-state index in [4.69, 9.17) is 21.3 Å². The summed E-state index contributed by atoms with van der Waals surface area (Å²) in [7, 11) is 1.67. The predicted molar refractivity (Wildman–Crippen MR) is 94.1 cm³/mol. The van der Waals surface area contributed by atoms with Crippen LogP contribution in [-0.2, 0) is 6.54 Å². The van der Waals surface area contributed by atoms with Gasteiger partial charge in [0, 0.05) is 17.0 Å². The zero-order valence-electron chi connectivity index (χ0n) is 13.6. The zero-order chi connectivity index (χ0) is 16.7. The van der Waals surface area contributed by atoms with Gasteiger partial charge in [-0.2, -0.15) is 0 Å². The Morgan fingerprint density at radius 3 is 2.79 bits per heavy atom. The van der Waals surface area contributed by atoms with Crippen molar-refractivity contribution in [1.29, 1.82) is 0 Å². The lowest BCUT2D eigenvalue weighted by Gasteiger charge is -2.17. The first-order valence-corrected chi connectivity index (χ1v) is 8.23. The van der Waals surface area contributed by atoms with Crippen LogP contribution in [-0.4, -0.2) is 27.6 Å². The van der Waals surface area contributed by atoms with E-state index in [1.165, 1.54) is 5.57 Å². The quantitative estimate of drug-likeness (QED) is 0.837. The van der Waals surface area contributed by atoms with Gasteiger partial charge >= 0.3 is 0 Å². The number of rotatable bonds is 2. The molecule has 0 saturated heterocycles. The van der Waals surface area contributed by atoms with Crippen molar-refractivity contribution in [2.75, 3.05) is 7.11 Å². The molecule has 0 fully saturated rings. The Kier molecular flexibility index (Phi) is 3.73. The van der Waals surface area contributed by atoms with Crippen LogP contribution in [0.5, 0.6) is 5.75 Å². The molecule has 6 heteroatoms. The van der Waals surface area contributed by atoms with Gasteiger partial charge in [-0.15, -0.1) is 10.2 Å². The van der Waals surface area contributed by atoms with Gasteiger partial charge in [0.05, 0.1) is 18.5 Å². The molecule has 0 radical (unpaired) electrons. The van der Waals surface area contributed by atoms with Gasteiger partial charge in [0.2, 0.25) is 0 Å². The molecule has 5 nitrogen and oxygen atoms in total. The fourth-order valence-corrected chi connectivity index (χ4v) is 3.31. The van der Waals surface area contributed by atoms with Gasteiger partial charge in [0.15, 0.2) is 5.82 Å². The van der Waals surface area contributed by atoms with Crippen LogP contribution in [0.2, 0.25) is 0 Å². The molecule has 4 rings (SSSR count). The van der Waals surface area contributed by atoms with Crippen molar-refractivity contribution in [2.24, 2.45) is 4.99 Å². The van der Waals surface area contributed by atoms with Gasteiger partial charge in [0.25, 0.3) is 0 Å². The molecular weight excluding hydrogens is 324 g/mol. The van der Waals surface area contributed by atoms with Crippen LogP contribution >= 0.6 is 11.6 Å².